The maximum absolute atomic E-state index is 14.4. The molecule has 0 saturated carbocycles. The van der Waals surface area contributed by atoms with E-state index in [1.54, 1.807) is 67.6 Å². The fourth-order valence-corrected chi connectivity index (χ4v) is 6.27. The fourth-order valence-electron chi connectivity index (χ4n) is 6.27. The van der Waals surface area contributed by atoms with Gasteiger partial charge in [0.15, 0.2) is 23.0 Å². The van der Waals surface area contributed by atoms with Gasteiger partial charge in [-0.25, -0.2) is 4.79 Å². The number of hydrogen-bond acceptors (Lipinski definition) is 10. The lowest BCUT2D eigenvalue weighted by Gasteiger charge is -2.34. The zero-order valence-corrected chi connectivity index (χ0v) is 29.5. The molecule has 1 saturated heterocycles. The molecule has 2 amide bonds. The van der Waals surface area contributed by atoms with Gasteiger partial charge < -0.3 is 43.8 Å². The molecule has 1 aromatic heterocycles. The van der Waals surface area contributed by atoms with Gasteiger partial charge in [0.05, 0.1) is 25.2 Å². The number of carbonyl (C=O) groups is 4. The van der Waals surface area contributed by atoms with E-state index in [9.17, 15) is 29.4 Å². The van der Waals surface area contributed by atoms with Gasteiger partial charge in [-0.15, -0.1) is 0 Å². The summed E-state index contributed by atoms with van der Waals surface area (Å²) in [5.74, 6) is -4.01. The second-order valence-electron chi connectivity index (χ2n) is 12.8. The summed E-state index contributed by atoms with van der Waals surface area (Å²) < 4.78 is 27.9. The molecule has 6 rings (SSSR count). The molecule has 54 heavy (non-hydrogen) atoms. The molecule has 2 aliphatic heterocycles. The van der Waals surface area contributed by atoms with E-state index in [1.165, 1.54) is 4.90 Å². The van der Waals surface area contributed by atoms with Gasteiger partial charge in [0.2, 0.25) is 6.79 Å². The first-order chi connectivity index (χ1) is 26.2. The zero-order chi connectivity index (χ0) is 38.0. The number of anilines is 1. The molecule has 3 atom stereocenters. The highest BCUT2D eigenvalue weighted by molar-refractivity contribution is 6.04. The van der Waals surface area contributed by atoms with E-state index in [1.807, 2.05) is 42.5 Å². The minimum Gasteiger partial charge on any atom is -0.503 e. The van der Waals surface area contributed by atoms with Crippen LogP contribution in [0.1, 0.15) is 53.1 Å². The number of amides is 2. The van der Waals surface area contributed by atoms with E-state index in [-0.39, 0.29) is 32.1 Å². The van der Waals surface area contributed by atoms with Crippen molar-refractivity contribution in [3.63, 3.8) is 0 Å². The van der Waals surface area contributed by atoms with Crippen LogP contribution in [0.5, 0.6) is 11.5 Å². The molecule has 4 aromatic rings. The van der Waals surface area contributed by atoms with Crippen molar-refractivity contribution in [2.24, 2.45) is 0 Å². The molecule has 0 spiro atoms. The van der Waals surface area contributed by atoms with Gasteiger partial charge >= 0.3 is 11.9 Å². The van der Waals surface area contributed by atoms with E-state index in [2.05, 4.69) is 5.32 Å². The standard InChI is InChI=1S/C41H40N2O11/c1-26(32(28-14-16-34-36(21-28)52-25-51-34)22-30-15-17-35(53-30)39(47)42-29-12-6-3-7-13-29)43(19-8-11-27-9-4-2-5-10-27)40(48)38(46)33(23-37(44)45)41(49)54-31-18-20-50-24-31/h2-17,21,26,31-32,46H,18-20,22-25H2,1H3,(H,42,47)(H,44,45)/b11-8+,38-33?. The zero-order valence-electron chi connectivity index (χ0n) is 29.5. The van der Waals surface area contributed by atoms with Crippen LogP contribution < -0.4 is 14.8 Å². The van der Waals surface area contributed by atoms with Crippen LogP contribution >= 0.6 is 0 Å². The summed E-state index contributed by atoms with van der Waals surface area (Å²) >= 11 is 0. The van der Waals surface area contributed by atoms with Gasteiger partial charge in [-0.1, -0.05) is 66.7 Å². The van der Waals surface area contributed by atoms with Gasteiger partial charge in [-0.2, -0.15) is 0 Å². The molecule has 0 radical (unpaired) electrons. The number of aliphatic carboxylic acids is 1. The quantitative estimate of drug-likeness (QED) is 0.0727. The number of hydrogen-bond donors (Lipinski definition) is 3. The van der Waals surface area contributed by atoms with Crippen molar-refractivity contribution in [3.8, 4) is 11.5 Å². The number of carboxylic acid groups (broad SMARTS) is 1. The third-order valence-corrected chi connectivity index (χ3v) is 9.13. The number of esters is 1. The van der Waals surface area contributed by atoms with Gasteiger partial charge in [0, 0.05) is 37.0 Å². The Bertz CT molecular complexity index is 2020. The van der Waals surface area contributed by atoms with Gasteiger partial charge in [0.25, 0.3) is 11.8 Å². The van der Waals surface area contributed by atoms with Gasteiger partial charge in [-0.3, -0.25) is 14.4 Å². The Morgan fingerprint density at radius 3 is 2.41 bits per heavy atom. The SMILES string of the molecule is CC(C(Cc1ccc(C(=O)Nc2ccccc2)o1)c1ccc2c(c1)OCO2)N(C/C=C/c1ccccc1)C(=O)C(O)=C(CC(=O)O)C(=O)OC1CCOC1. The Labute approximate surface area is 311 Å². The van der Waals surface area contributed by atoms with E-state index in [0.29, 0.717) is 36.0 Å². The van der Waals surface area contributed by atoms with E-state index in [4.69, 9.17) is 23.4 Å². The van der Waals surface area contributed by atoms with Crippen LogP contribution in [0.15, 0.2) is 113 Å². The summed E-state index contributed by atoms with van der Waals surface area (Å²) in [7, 11) is 0. The molecule has 13 heteroatoms. The maximum atomic E-state index is 14.4. The highest BCUT2D eigenvalue weighted by Gasteiger charge is 2.35. The Balaban J connectivity index is 1.35. The number of nitrogens with one attached hydrogen (secondary N) is 1. The number of ether oxygens (including phenoxy) is 4. The first-order valence-electron chi connectivity index (χ1n) is 17.5. The van der Waals surface area contributed by atoms with Gasteiger partial charge in [-0.05, 0) is 54.4 Å². The van der Waals surface area contributed by atoms with Crippen LogP contribution in [-0.4, -0.2) is 77.6 Å². The number of rotatable bonds is 15. The van der Waals surface area contributed by atoms with Crippen LogP contribution in [-0.2, 0) is 30.3 Å². The smallest absolute Gasteiger partial charge is 0.338 e. The number of benzene rings is 3. The summed E-state index contributed by atoms with van der Waals surface area (Å²) in [6.45, 7) is 2.24. The third kappa shape index (κ3) is 9.36. The number of carbonyl (C=O) groups excluding carboxylic acids is 3. The molecule has 3 aromatic carbocycles. The molecule has 13 nitrogen and oxygen atoms in total. The Morgan fingerprint density at radius 2 is 1.69 bits per heavy atom. The molecule has 0 bridgehead atoms. The summed E-state index contributed by atoms with van der Waals surface area (Å²) in [5.41, 5.74) is 1.50. The number of aliphatic hydroxyl groups excluding tert-OH is 1. The van der Waals surface area contributed by atoms with E-state index < -0.39 is 59.6 Å². The number of para-hydroxylation sites is 1. The molecule has 3 heterocycles. The topological polar surface area (TPSA) is 174 Å². The van der Waals surface area contributed by atoms with Crippen molar-refractivity contribution in [3.05, 3.63) is 131 Å². The average molecular weight is 737 g/mol. The summed E-state index contributed by atoms with van der Waals surface area (Å²) in [6, 6.07) is 26.2. The lowest BCUT2D eigenvalue weighted by molar-refractivity contribution is -0.147. The predicted molar refractivity (Wildman–Crippen MR) is 196 cm³/mol. The molecule has 3 N–H and O–H groups in total. The number of nitrogens with zero attached hydrogens (tertiary/aromatic N) is 1. The summed E-state index contributed by atoms with van der Waals surface area (Å²) in [5, 5.41) is 23.9. The Hall–Kier alpha value is -6.34. The minimum absolute atomic E-state index is 0.0417. The first kappa shape index (κ1) is 37.4. The first-order valence-corrected chi connectivity index (χ1v) is 17.5. The van der Waals surface area contributed by atoms with Crippen LogP contribution in [0.2, 0.25) is 0 Å². The van der Waals surface area contributed by atoms with Crippen molar-refractivity contribution < 1.29 is 52.8 Å². The van der Waals surface area contributed by atoms with Crippen LogP contribution in [0.25, 0.3) is 6.08 Å². The summed E-state index contributed by atoms with van der Waals surface area (Å²) in [4.78, 5) is 53.9. The number of carboxylic acids is 1. The molecule has 280 valence electrons. The van der Waals surface area contributed by atoms with Crippen molar-refractivity contribution in [1.29, 1.82) is 0 Å². The van der Waals surface area contributed by atoms with Crippen LogP contribution in [0.3, 0.4) is 0 Å². The minimum atomic E-state index is -1.43. The normalized spacial score (nSPS) is 16.4. The second-order valence-corrected chi connectivity index (χ2v) is 12.8. The maximum Gasteiger partial charge on any atom is 0.338 e. The molecule has 3 unspecified atom stereocenters. The van der Waals surface area contributed by atoms with Crippen molar-refractivity contribution in [2.45, 2.75) is 44.2 Å². The van der Waals surface area contributed by atoms with E-state index in [0.717, 1.165) is 11.1 Å². The molecular formula is C41H40N2O11. The van der Waals surface area contributed by atoms with Crippen molar-refractivity contribution in [1.82, 2.24) is 4.90 Å². The molecular weight excluding hydrogens is 696 g/mol. The molecule has 1 fully saturated rings. The largest absolute Gasteiger partial charge is 0.503 e. The van der Waals surface area contributed by atoms with Crippen molar-refractivity contribution in [2.75, 3.05) is 31.9 Å². The molecule has 0 aliphatic carbocycles. The molecule has 2 aliphatic rings. The Kier molecular flexibility index (Phi) is 12.1. The van der Waals surface area contributed by atoms with Crippen molar-refractivity contribution >= 4 is 35.5 Å². The van der Waals surface area contributed by atoms with E-state index >= 15 is 0 Å². The lowest BCUT2D eigenvalue weighted by atomic mass is 9.87. The van der Waals surface area contributed by atoms with Crippen LogP contribution in [0, 0.1) is 0 Å². The highest BCUT2D eigenvalue weighted by atomic mass is 16.7. The Morgan fingerprint density at radius 1 is 0.944 bits per heavy atom. The fraction of sp³-hybridized carbons (Fsp3) is 0.268. The monoisotopic (exact) mass is 736 g/mol. The number of furan rings is 1. The average Bonchev–Trinajstić information content (AvgIpc) is 3.97. The number of fused-ring (bicyclic) bond motifs is 1. The third-order valence-electron chi connectivity index (χ3n) is 9.13. The van der Waals surface area contributed by atoms with Gasteiger partial charge in [0.1, 0.15) is 11.9 Å². The summed E-state index contributed by atoms with van der Waals surface area (Å²) in [6.07, 6.45) is 2.53. The number of aliphatic hydroxyl groups is 1. The lowest BCUT2D eigenvalue weighted by Crippen LogP contribution is -2.44. The highest BCUT2D eigenvalue weighted by Crippen LogP contribution is 2.38. The second kappa shape index (κ2) is 17.5. The predicted octanol–water partition coefficient (Wildman–Crippen LogP) is 6.14. The van der Waals surface area contributed by atoms with Crippen LogP contribution in [0.4, 0.5) is 5.69 Å².